The first-order valence-corrected chi connectivity index (χ1v) is 9.61. The van der Waals surface area contributed by atoms with Gasteiger partial charge in [-0.05, 0) is 31.4 Å². The number of carbonyl (C=O) groups is 1. The predicted octanol–water partition coefficient (Wildman–Crippen LogP) is 2.56. The quantitative estimate of drug-likeness (QED) is 0.896. The molecule has 0 bridgehead atoms. The Morgan fingerprint density at radius 1 is 0.926 bits per heavy atom. The average Bonchev–Trinajstić information content (AvgIpc) is 2.75. The van der Waals surface area contributed by atoms with E-state index in [4.69, 9.17) is 4.74 Å². The van der Waals surface area contributed by atoms with Crippen molar-refractivity contribution >= 4 is 23.2 Å². The minimum atomic E-state index is -0.194. The van der Waals surface area contributed by atoms with Crippen LogP contribution in [-0.4, -0.2) is 55.3 Å². The molecule has 1 N–H and O–H groups in total. The summed E-state index contributed by atoms with van der Waals surface area (Å²) in [6.45, 7) is 5.01. The number of ether oxygens (including phenoxy) is 1. The number of rotatable bonds is 4. The van der Waals surface area contributed by atoms with E-state index in [-0.39, 0.29) is 5.91 Å². The van der Waals surface area contributed by atoms with Crippen molar-refractivity contribution in [3.63, 3.8) is 0 Å². The molecule has 1 aromatic carbocycles. The molecule has 7 nitrogen and oxygen atoms in total. The third kappa shape index (κ3) is 4.19. The van der Waals surface area contributed by atoms with Gasteiger partial charge < -0.3 is 19.9 Å². The van der Waals surface area contributed by atoms with E-state index in [1.54, 1.807) is 12.4 Å². The highest BCUT2D eigenvalue weighted by molar-refractivity contribution is 6.05. The summed E-state index contributed by atoms with van der Waals surface area (Å²) < 4.78 is 5.42. The topological polar surface area (TPSA) is 70.6 Å². The van der Waals surface area contributed by atoms with Gasteiger partial charge in [0.2, 0.25) is 5.95 Å². The van der Waals surface area contributed by atoms with Crippen LogP contribution in [0.2, 0.25) is 0 Å². The van der Waals surface area contributed by atoms with Crippen LogP contribution in [0.3, 0.4) is 0 Å². The third-order valence-corrected chi connectivity index (χ3v) is 5.04. The van der Waals surface area contributed by atoms with Crippen LogP contribution in [0.4, 0.5) is 17.3 Å². The molecule has 2 aliphatic heterocycles. The van der Waals surface area contributed by atoms with E-state index in [2.05, 4.69) is 25.1 Å². The predicted molar refractivity (Wildman–Crippen MR) is 106 cm³/mol. The maximum atomic E-state index is 12.7. The Morgan fingerprint density at radius 2 is 1.63 bits per heavy atom. The zero-order valence-electron chi connectivity index (χ0n) is 15.4. The van der Waals surface area contributed by atoms with Gasteiger partial charge in [-0.15, -0.1) is 0 Å². The molecular weight excluding hydrogens is 342 g/mol. The van der Waals surface area contributed by atoms with Gasteiger partial charge in [-0.25, -0.2) is 9.97 Å². The standard InChI is InChI=1S/C20H25N5O2/c26-19(16-14-21-20(22-15-16)25-8-4-1-5-9-25)23-17-6-2-3-7-18(17)24-10-12-27-13-11-24/h2-3,6-7,14-15H,1,4-5,8-13H2,(H,23,26). The number of amides is 1. The highest BCUT2D eigenvalue weighted by atomic mass is 16.5. The van der Waals surface area contributed by atoms with Crippen LogP contribution in [0.15, 0.2) is 36.7 Å². The van der Waals surface area contributed by atoms with Crippen LogP contribution in [-0.2, 0) is 4.74 Å². The van der Waals surface area contributed by atoms with Gasteiger partial charge in [0.1, 0.15) is 0 Å². The van der Waals surface area contributed by atoms with Crippen molar-refractivity contribution in [2.75, 3.05) is 54.5 Å². The lowest BCUT2D eigenvalue weighted by Crippen LogP contribution is -2.36. The Balaban J connectivity index is 1.46. The zero-order chi connectivity index (χ0) is 18.5. The molecule has 1 aromatic heterocycles. The maximum Gasteiger partial charge on any atom is 0.258 e. The molecule has 2 saturated heterocycles. The average molecular weight is 367 g/mol. The van der Waals surface area contributed by atoms with E-state index >= 15 is 0 Å². The molecule has 3 heterocycles. The van der Waals surface area contributed by atoms with Crippen LogP contribution in [0.25, 0.3) is 0 Å². The number of para-hydroxylation sites is 2. The van der Waals surface area contributed by atoms with Crippen LogP contribution in [0, 0.1) is 0 Å². The third-order valence-electron chi connectivity index (χ3n) is 5.04. The molecule has 2 fully saturated rings. The number of nitrogens with one attached hydrogen (secondary N) is 1. The number of piperidine rings is 1. The van der Waals surface area contributed by atoms with Crippen molar-refractivity contribution in [2.24, 2.45) is 0 Å². The molecule has 0 spiro atoms. The molecule has 0 saturated carbocycles. The second kappa shape index (κ2) is 8.35. The highest BCUT2D eigenvalue weighted by Crippen LogP contribution is 2.27. The molecule has 2 aromatic rings. The van der Waals surface area contributed by atoms with Gasteiger partial charge in [0.15, 0.2) is 0 Å². The van der Waals surface area contributed by atoms with E-state index in [0.717, 1.165) is 37.6 Å². The minimum absolute atomic E-state index is 0.194. The second-order valence-corrected chi connectivity index (χ2v) is 6.89. The molecule has 27 heavy (non-hydrogen) atoms. The molecule has 0 radical (unpaired) electrons. The Kier molecular flexibility index (Phi) is 5.48. The molecular formula is C20H25N5O2. The van der Waals surface area contributed by atoms with Gasteiger partial charge in [0.25, 0.3) is 5.91 Å². The van der Waals surface area contributed by atoms with E-state index < -0.39 is 0 Å². The lowest BCUT2D eigenvalue weighted by atomic mass is 10.1. The molecule has 142 valence electrons. The number of aromatic nitrogens is 2. The number of hydrogen-bond donors (Lipinski definition) is 1. The van der Waals surface area contributed by atoms with Crippen molar-refractivity contribution in [1.82, 2.24) is 9.97 Å². The largest absolute Gasteiger partial charge is 0.378 e. The fraction of sp³-hybridized carbons (Fsp3) is 0.450. The van der Waals surface area contributed by atoms with E-state index in [1.807, 2.05) is 24.3 Å². The van der Waals surface area contributed by atoms with Crippen molar-refractivity contribution in [3.8, 4) is 0 Å². The minimum Gasteiger partial charge on any atom is -0.378 e. The number of morpholine rings is 1. The first kappa shape index (κ1) is 17.7. The summed E-state index contributed by atoms with van der Waals surface area (Å²) >= 11 is 0. The summed E-state index contributed by atoms with van der Waals surface area (Å²) in [5, 5.41) is 3.01. The smallest absolute Gasteiger partial charge is 0.258 e. The Bertz CT molecular complexity index is 768. The Morgan fingerprint density at radius 3 is 2.37 bits per heavy atom. The number of anilines is 3. The fourth-order valence-corrected chi connectivity index (χ4v) is 3.55. The molecule has 0 unspecified atom stereocenters. The van der Waals surface area contributed by atoms with Crippen LogP contribution < -0.4 is 15.1 Å². The van der Waals surface area contributed by atoms with Crippen LogP contribution in [0.1, 0.15) is 29.6 Å². The van der Waals surface area contributed by atoms with E-state index in [9.17, 15) is 4.79 Å². The zero-order valence-corrected chi connectivity index (χ0v) is 15.4. The van der Waals surface area contributed by atoms with Gasteiger partial charge in [0.05, 0.1) is 30.2 Å². The van der Waals surface area contributed by atoms with Gasteiger partial charge in [0, 0.05) is 38.6 Å². The summed E-state index contributed by atoms with van der Waals surface area (Å²) in [5.74, 6) is 0.515. The lowest BCUT2D eigenvalue weighted by molar-refractivity contribution is 0.102. The van der Waals surface area contributed by atoms with E-state index in [1.165, 1.54) is 19.3 Å². The lowest BCUT2D eigenvalue weighted by Gasteiger charge is -2.30. The first-order chi connectivity index (χ1) is 13.3. The molecule has 1 amide bonds. The monoisotopic (exact) mass is 367 g/mol. The van der Waals surface area contributed by atoms with Gasteiger partial charge in [-0.2, -0.15) is 0 Å². The van der Waals surface area contributed by atoms with Gasteiger partial charge in [-0.3, -0.25) is 4.79 Å². The van der Waals surface area contributed by atoms with Crippen molar-refractivity contribution < 1.29 is 9.53 Å². The number of nitrogens with zero attached hydrogens (tertiary/aromatic N) is 4. The fourth-order valence-electron chi connectivity index (χ4n) is 3.55. The maximum absolute atomic E-state index is 12.7. The molecule has 7 heteroatoms. The Hall–Kier alpha value is -2.67. The van der Waals surface area contributed by atoms with Crippen molar-refractivity contribution in [2.45, 2.75) is 19.3 Å². The summed E-state index contributed by atoms with van der Waals surface area (Å²) in [6, 6.07) is 7.86. The molecule has 0 atom stereocenters. The normalized spacial score (nSPS) is 17.6. The van der Waals surface area contributed by atoms with E-state index in [0.29, 0.717) is 24.7 Å². The SMILES string of the molecule is O=C(Nc1ccccc1N1CCOCC1)c1cnc(N2CCCCC2)nc1. The summed E-state index contributed by atoms with van der Waals surface area (Å²) in [4.78, 5) is 25.9. The number of carbonyl (C=O) groups excluding carboxylic acids is 1. The number of hydrogen-bond acceptors (Lipinski definition) is 6. The second-order valence-electron chi connectivity index (χ2n) is 6.89. The summed E-state index contributed by atoms with van der Waals surface area (Å²) in [6.07, 6.45) is 6.83. The number of benzene rings is 1. The van der Waals surface area contributed by atoms with Crippen molar-refractivity contribution in [1.29, 1.82) is 0 Å². The molecule has 4 rings (SSSR count). The highest BCUT2D eigenvalue weighted by Gasteiger charge is 2.18. The molecule has 2 aliphatic rings. The van der Waals surface area contributed by atoms with Crippen molar-refractivity contribution in [3.05, 3.63) is 42.2 Å². The van der Waals surface area contributed by atoms with Crippen LogP contribution in [0.5, 0.6) is 0 Å². The van der Waals surface area contributed by atoms with Gasteiger partial charge in [-0.1, -0.05) is 12.1 Å². The summed E-state index contributed by atoms with van der Waals surface area (Å²) in [5.41, 5.74) is 2.28. The Labute approximate surface area is 159 Å². The summed E-state index contributed by atoms with van der Waals surface area (Å²) in [7, 11) is 0. The van der Waals surface area contributed by atoms with Crippen LogP contribution >= 0.6 is 0 Å². The molecule has 0 aliphatic carbocycles. The first-order valence-electron chi connectivity index (χ1n) is 9.61. The van der Waals surface area contributed by atoms with Gasteiger partial charge >= 0.3 is 0 Å².